The number of hydrogen-bond acceptors (Lipinski definition) is 1. The Morgan fingerprint density at radius 3 is 2.27 bits per heavy atom. The second-order valence-corrected chi connectivity index (χ2v) is 3.27. The predicted octanol–water partition coefficient (Wildman–Crippen LogP) is 2.11. The highest BCUT2D eigenvalue weighted by atomic mass is 15.1. The predicted molar refractivity (Wildman–Crippen MR) is 48.0 cm³/mol. The van der Waals surface area contributed by atoms with Gasteiger partial charge in [-0.3, -0.25) is 5.41 Å². The minimum absolute atomic E-state index is 0.845. The zero-order valence-electron chi connectivity index (χ0n) is 7.56. The molecule has 1 aliphatic rings. The van der Waals surface area contributed by atoms with Gasteiger partial charge in [-0.15, -0.1) is 0 Å². The molecule has 1 fully saturated rings. The molecular formula is C9H18N2. The maximum absolute atomic E-state index is 7.74. The lowest BCUT2D eigenvalue weighted by Crippen LogP contribution is -2.29. The lowest BCUT2D eigenvalue weighted by molar-refractivity contribution is 0.448. The minimum atomic E-state index is 0.845. The fourth-order valence-electron chi connectivity index (χ4n) is 1.33. The van der Waals surface area contributed by atoms with E-state index in [4.69, 9.17) is 5.41 Å². The van der Waals surface area contributed by atoms with Crippen molar-refractivity contribution in [1.29, 1.82) is 5.41 Å². The third-order valence-electron chi connectivity index (χ3n) is 2.32. The third kappa shape index (κ3) is 2.52. The molecule has 1 saturated carbocycles. The van der Waals surface area contributed by atoms with E-state index in [2.05, 4.69) is 18.7 Å². The van der Waals surface area contributed by atoms with Crippen molar-refractivity contribution in [2.24, 2.45) is 5.92 Å². The summed E-state index contributed by atoms with van der Waals surface area (Å²) < 4.78 is 0. The molecule has 0 aromatic heterocycles. The number of nitrogens with zero attached hydrogens (tertiary/aromatic N) is 1. The molecule has 0 saturated heterocycles. The summed E-state index contributed by atoms with van der Waals surface area (Å²) in [6.07, 6.45) is 3.72. The van der Waals surface area contributed by atoms with Gasteiger partial charge in [0, 0.05) is 19.5 Å². The van der Waals surface area contributed by atoms with Gasteiger partial charge in [-0.2, -0.15) is 0 Å². The van der Waals surface area contributed by atoms with Crippen LogP contribution in [0.15, 0.2) is 0 Å². The van der Waals surface area contributed by atoms with E-state index in [0.29, 0.717) is 0 Å². The second kappa shape index (κ2) is 3.74. The SMILES string of the molecule is CCN(CC)C(=N)CC1CC1. The minimum Gasteiger partial charge on any atom is -0.361 e. The van der Waals surface area contributed by atoms with Gasteiger partial charge in [0.15, 0.2) is 0 Å². The lowest BCUT2D eigenvalue weighted by Gasteiger charge is -2.21. The first kappa shape index (κ1) is 8.57. The maximum Gasteiger partial charge on any atom is 0.0960 e. The van der Waals surface area contributed by atoms with Gasteiger partial charge in [0.1, 0.15) is 0 Å². The van der Waals surface area contributed by atoms with Crippen LogP contribution in [0.1, 0.15) is 33.1 Å². The Labute approximate surface area is 69.1 Å². The summed E-state index contributed by atoms with van der Waals surface area (Å²) in [4.78, 5) is 2.14. The number of rotatable bonds is 4. The van der Waals surface area contributed by atoms with E-state index in [9.17, 15) is 0 Å². The molecule has 1 rings (SSSR count). The summed E-state index contributed by atoms with van der Waals surface area (Å²) in [7, 11) is 0. The van der Waals surface area contributed by atoms with Crippen molar-refractivity contribution in [3.8, 4) is 0 Å². The standard InChI is InChI=1S/C9H18N2/c1-3-11(4-2)9(10)7-8-5-6-8/h8,10H,3-7H2,1-2H3. The molecular weight excluding hydrogens is 136 g/mol. The number of amidine groups is 1. The molecule has 0 bridgehead atoms. The Bertz CT molecular complexity index is 134. The molecule has 0 spiro atoms. The monoisotopic (exact) mass is 154 g/mol. The van der Waals surface area contributed by atoms with Crippen LogP contribution < -0.4 is 0 Å². The van der Waals surface area contributed by atoms with E-state index in [1.54, 1.807) is 0 Å². The molecule has 0 radical (unpaired) electrons. The fraction of sp³-hybridized carbons (Fsp3) is 0.889. The number of nitrogens with one attached hydrogen (secondary N) is 1. The van der Waals surface area contributed by atoms with E-state index >= 15 is 0 Å². The molecule has 64 valence electrons. The van der Waals surface area contributed by atoms with Gasteiger partial charge >= 0.3 is 0 Å². The maximum atomic E-state index is 7.74. The molecule has 1 aliphatic carbocycles. The average molecular weight is 154 g/mol. The Hall–Kier alpha value is -0.530. The fourth-order valence-corrected chi connectivity index (χ4v) is 1.33. The van der Waals surface area contributed by atoms with Crippen LogP contribution in [-0.4, -0.2) is 23.8 Å². The van der Waals surface area contributed by atoms with Crippen LogP contribution in [0.25, 0.3) is 0 Å². The van der Waals surface area contributed by atoms with Crippen molar-refractivity contribution in [2.45, 2.75) is 33.1 Å². The molecule has 0 amide bonds. The van der Waals surface area contributed by atoms with E-state index in [1.165, 1.54) is 12.8 Å². The zero-order chi connectivity index (χ0) is 8.27. The van der Waals surface area contributed by atoms with Gasteiger partial charge in [0.05, 0.1) is 5.84 Å². The van der Waals surface area contributed by atoms with E-state index in [0.717, 1.165) is 31.3 Å². The molecule has 0 aromatic carbocycles. The summed E-state index contributed by atoms with van der Waals surface area (Å²) in [5, 5.41) is 7.74. The van der Waals surface area contributed by atoms with Gasteiger partial charge in [-0.25, -0.2) is 0 Å². The number of hydrogen-bond donors (Lipinski definition) is 1. The first-order valence-corrected chi connectivity index (χ1v) is 4.60. The smallest absolute Gasteiger partial charge is 0.0960 e. The normalized spacial score (nSPS) is 16.5. The van der Waals surface area contributed by atoms with Gasteiger partial charge < -0.3 is 4.90 Å². The highest BCUT2D eigenvalue weighted by Gasteiger charge is 2.23. The van der Waals surface area contributed by atoms with Crippen LogP contribution in [0.2, 0.25) is 0 Å². The summed E-state index contributed by atoms with van der Waals surface area (Å²) in [6.45, 7) is 6.21. The van der Waals surface area contributed by atoms with E-state index in [1.807, 2.05) is 0 Å². The van der Waals surface area contributed by atoms with Gasteiger partial charge in [0.25, 0.3) is 0 Å². The van der Waals surface area contributed by atoms with E-state index < -0.39 is 0 Å². The summed E-state index contributed by atoms with van der Waals surface area (Å²) >= 11 is 0. The Morgan fingerprint density at radius 1 is 1.36 bits per heavy atom. The topological polar surface area (TPSA) is 27.1 Å². The molecule has 0 aromatic rings. The van der Waals surface area contributed by atoms with Crippen molar-refractivity contribution >= 4 is 5.84 Å². The Kier molecular flexibility index (Phi) is 2.92. The van der Waals surface area contributed by atoms with Crippen LogP contribution in [0, 0.1) is 11.3 Å². The van der Waals surface area contributed by atoms with E-state index in [-0.39, 0.29) is 0 Å². The van der Waals surface area contributed by atoms with Crippen molar-refractivity contribution < 1.29 is 0 Å². The lowest BCUT2D eigenvalue weighted by atomic mass is 10.2. The van der Waals surface area contributed by atoms with Crippen molar-refractivity contribution in [2.75, 3.05) is 13.1 Å². The van der Waals surface area contributed by atoms with Gasteiger partial charge in [-0.05, 0) is 32.6 Å². The summed E-state index contributed by atoms with van der Waals surface area (Å²) in [6, 6.07) is 0. The van der Waals surface area contributed by atoms with Crippen LogP contribution in [0.3, 0.4) is 0 Å². The molecule has 0 heterocycles. The summed E-state index contributed by atoms with van der Waals surface area (Å²) in [5.41, 5.74) is 0. The quantitative estimate of drug-likeness (QED) is 0.487. The zero-order valence-corrected chi connectivity index (χ0v) is 7.56. The molecule has 1 N–H and O–H groups in total. The first-order valence-electron chi connectivity index (χ1n) is 4.60. The van der Waals surface area contributed by atoms with Crippen LogP contribution in [0.5, 0.6) is 0 Å². The Balaban J connectivity index is 2.24. The van der Waals surface area contributed by atoms with Crippen molar-refractivity contribution in [1.82, 2.24) is 4.90 Å². The molecule has 0 unspecified atom stereocenters. The average Bonchev–Trinajstić information content (AvgIpc) is 2.74. The van der Waals surface area contributed by atoms with Crippen LogP contribution >= 0.6 is 0 Å². The highest BCUT2D eigenvalue weighted by Crippen LogP contribution is 2.32. The molecule has 11 heavy (non-hydrogen) atoms. The van der Waals surface area contributed by atoms with Crippen molar-refractivity contribution in [3.05, 3.63) is 0 Å². The first-order chi connectivity index (χ1) is 5.27. The highest BCUT2D eigenvalue weighted by molar-refractivity contribution is 5.79. The second-order valence-electron chi connectivity index (χ2n) is 3.27. The largest absolute Gasteiger partial charge is 0.361 e. The van der Waals surface area contributed by atoms with Gasteiger partial charge in [0.2, 0.25) is 0 Å². The molecule has 2 heteroatoms. The van der Waals surface area contributed by atoms with Crippen LogP contribution in [-0.2, 0) is 0 Å². The van der Waals surface area contributed by atoms with Crippen molar-refractivity contribution in [3.63, 3.8) is 0 Å². The van der Waals surface area contributed by atoms with Gasteiger partial charge in [-0.1, -0.05) is 0 Å². The third-order valence-corrected chi connectivity index (χ3v) is 2.32. The molecule has 2 nitrogen and oxygen atoms in total. The van der Waals surface area contributed by atoms with Crippen LogP contribution in [0.4, 0.5) is 0 Å². The molecule has 0 aliphatic heterocycles. The Morgan fingerprint density at radius 2 is 1.91 bits per heavy atom. The molecule has 0 atom stereocenters. The summed E-state index contributed by atoms with van der Waals surface area (Å²) in [5.74, 6) is 1.69.